The molecular weight excluding hydrogens is 331 g/mol. The molecule has 0 bridgehead atoms. The largest absolute Gasteiger partial charge is 0.360 e. The van der Waals surface area contributed by atoms with E-state index in [4.69, 9.17) is 16.1 Å². The molecule has 2 rings (SSSR count). The highest BCUT2D eigenvalue weighted by Gasteiger charge is 2.22. The fourth-order valence-electron chi connectivity index (χ4n) is 1.69. The highest BCUT2D eigenvalue weighted by Crippen LogP contribution is 2.20. The van der Waals surface area contributed by atoms with Crippen molar-refractivity contribution in [1.82, 2.24) is 5.16 Å². The van der Waals surface area contributed by atoms with E-state index in [0.717, 1.165) is 6.07 Å². The van der Waals surface area contributed by atoms with Crippen LogP contribution in [-0.2, 0) is 21.3 Å². The summed E-state index contributed by atoms with van der Waals surface area (Å²) in [6.45, 7) is 3.23. The molecule has 1 N–H and O–H groups in total. The zero-order valence-corrected chi connectivity index (χ0v) is 13.5. The summed E-state index contributed by atoms with van der Waals surface area (Å²) >= 11 is 5.89. The van der Waals surface area contributed by atoms with Crippen molar-refractivity contribution in [2.75, 3.05) is 5.32 Å². The summed E-state index contributed by atoms with van der Waals surface area (Å²) in [6, 6.07) is 5.41. The molecule has 0 aliphatic carbocycles. The molecular formula is C14H14ClFN2O3S. The van der Waals surface area contributed by atoms with Gasteiger partial charge in [0.25, 0.3) is 0 Å². The molecule has 1 heterocycles. The lowest BCUT2D eigenvalue weighted by atomic mass is 10.2. The molecule has 1 aromatic heterocycles. The maximum absolute atomic E-state index is 13.0. The Morgan fingerprint density at radius 2 is 2.23 bits per heavy atom. The summed E-state index contributed by atoms with van der Waals surface area (Å²) in [6.07, 6.45) is 0. The molecule has 2 aromatic rings. The van der Waals surface area contributed by atoms with Crippen molar-refractivity contribution in [3.63, 3.8) is 0 Å². The number of rotatable bonds is 5. The number of hydrogen-bond donors (Lipinski definition) is 1. The number of benzene rings is 1. The van der Waals surface area contributed by atoms with Gasteiger partial charge in [0.1, 0.15) is 16.8 Å². The average molecular weight is 345 g/mol. The number of aryl methyl sites for hydroxylation is 1. The lowest BCUT2D eigenvalue weighted by molar-refractivity contribution is -0.115. The van der Waals surface area contributed by atoms with E-state index in [9.17, 15) is 13.4 Å². The minimum atomic E-state index is -1.51. The monoisotopic (exact) mass is 344 g/mol. The van der Waals surface area contributed by atoms with E-state index in [1.165, 1.54) is 19.1 Å². The van der Waals surface area contributed by atoms with Gasteiger partial charge < -0.3 is 9.84 Å². The highest BCUT2D eigenvalue weighted by molar-refractivity contribution is 7.85. The number of aromatic nitrogens is 1. The molecule has 0 saturated carbocycles. The van der Waals surface area contributed by atoms with Gasteiger partial charge in [-0.15, -0.1) is 0 Å². The van der Waals surface area contributed by atoms with Crippen molar-refractivity contribution < 1.29 is 17.9 Å². The summed E-state index contributed by atoms with van der Waals surface area (Å²) in [4.78, 5) is 12.0. The Hall–Kier alpha value is -1.73. The van der Waals surface area contributed by atoms with E-state index >= 15 is 0 Å². The maximum atomic E-state index is 13.0. The summed E-state index contributed by atoms with van der Waals surface area (Å²) in [5.74, 6) is -0.0177. The van der Waals surface area contributed by atoms with Crippen LogP contribution in [0.15, 0.2) is 28.8 Å². The van der Waals surface area contributed by atoms with Gasteiger partial charge in [-0.25, -0.2) is 4.39 Å². The van der Waals surface area contributed by atoms with E-state index in [-0.39, 0.29) is 16.6 Å². The predicted molar refractivity (Wildman–Crippen MR) is 82.6 cm³/mol. The van der Waals surface area contributed by atoms with Crippen LogP contribution in [0.2, 0.25) is 5.02 Å². The van der Waals surface area contributed by atoms with Gasteiger partial charge in [-0.2, -0.15) is 0 Å². The first-order valence-electron chi connectivity index (χ1n) is 6.42. The molecule has 0 fully saturated rings. The number of anilines is 1. The second-order valence-electron chi connectivity index (χ2n) is 4.72. The van der Waals surface area contributed by atoms with Gasteiger partial charge in [0, 0.05) is 21.9 Å². The van der Waals surface area contributed by atoms with Crippen molar-refractivity contribution >= 4 is 34.1 Å². The summed E-state index contributed by atoms with van der Waals surface area (Å²) in [5.41, 5.74) is 0.526. The molecule has 0 spiro atoms. The summed E-state index contributed by atoms with van der Waals surface area (Å²) < 4.78 is 30.1. The van der Waals surface area contributed by atoms with Crippen LogP contribution in [0.4, 0.5) is 10.2 Å². The van der Waals surface area contributed by atoms with Gasteiger partial charge in [-0.1, -0.05) is 22.8 Å². The lowest BCUT2D eigenvalue weighted by Crippen LogP contribution is -2.29. The number of nitrogens with zero attached hydrogens (tertiary/aromatic N) is 1. The fourth-order valence-corrected chi connectivity index (χ4v) is 3.11. The smallest absolute Gasteiger partial charge is 0.241 e. The van der Waals surface area contributed by atoms with Crippen LogP contribution in [0.3, 0.4) is 0 Å². The standard InChI is InChI=1S/C14H14ClFN2O3S/c1-8-5-13(18-21-8)17-14(19)9(2)22(20)7-10-3-4-11(16)6-12(10)15/h3-6,9H,7H2,1-2H3,(H,17,18,19). The van der Waals surface area contributed by atoms with Crippen molar-refractivity contribution in [3.05, 3.63) is 46.4 Å². The molecule has 8 heteroatoms. The van der Waals surface area contributed by atoms with Gasteiger partial charge in [0.15, 0.2) is 5.82 Å². The number of hydrogen-bond acceptors (Lipinski definition) is 4. The number of carbonyl (C=O) groups excluding carboxylic acids is 1. The second kappa shape index (κ2) is 7.02. The van der Waals surface area contributed by atoms with E-state index in [2.05, 4.69) is 10.5 Å². The molecule has 118 valence electrons. The highest BCUT2D eigenvalue weighted by atomic mass is 35.5. The van der Waals surface area contributed by atoms with E-state index in [1.807, 2.05) is 0 Å². The third-order valence-corrected chi connectivity index (χ3v) is 4.91. The Bertz CT molecular complexity index is 720. The van der Waals surface area contributed by atoms with Gasteiger partial charge in [-0.05, 0) is 31.5 Å². The topological polar surface area (TPSA) is 72.2 Å². The minimum Gasteiger partial charge on any atom is -0.360 e. The van der Waals surface area contributed by atoms with Crippen LogP contribution in [0.25, 0.3) is 0 Å². The molecule has 5 nitrogen and oxygen atoms in total. The first kappa shape index (κ1) is 16.6. The van der Waals surface area contributed by atoms with Crippen molar-refractivity contribution in [2.45, 2.75) is 24.9 Å². The van der Waals surface area contributed by atoms with Crippen LogP contribution in [0.1, 0.15) is 18.2 Å². The fraction of sp³-hybridized carbons (Fsp3) is 0.286. The third kappa shape index (κ3) is 4.14. The van der Waals surface area contributed by atoms with Crippen molar-refractivity contribution in [1.29, 1.82) is 0 Å². The number of halogens is 2. The van der Waals surface area contributed by atoms with Crippen molar-refractivity contribution in [3.8, 4) is 0 Å². The Balaban J connectivity index is 2.00. The van der Waals surface area contributed by atoms with Gasteiger partial charge in [-0.3, -0.25) is 9.00 Å². The van der Waals surface area contributed by atoms with E-state index in [0.29, 0.717) is 11.3 Å². The molecule has 0 saturated heterocycles. The lowest BCUT2D eigenvalue weighted by Gasteiger charge is -2.11. The first-order chi connectivity index (χ1) is 10.4. The van der Waals surface area contributed by atoms with Crippen LogP contribution >= 0.6 is 11.6 Å². The normalized spacial score (nSPS) is 13.6. The Labute approximate surface area is 134 Å². The van der Waals surface area contributed by atoms with Gasteiger partial charge >= 0.3 is 0 Å². The Morgan fingerprint density at radius 3 is 2.82 bits per heavy atom. The SMILES string of the molecule is Cc1cc(NC(=O)C(C)S(=O)Cc2ccc(F)cc2Cl)no1. The van der Waals surface area contributed by atoms with Crippen LogP contribution in [-0.4, -0.2) is 20.5 Å². The van der Waals surface area contributed by atoms with Crippen LogP contribution in [0.5, 0.6) is 0 Å². The zero-order valence-electron chi connectivity index (χ0n) is 11.9. The molecule has 0 aliphatic heterocycles. The molecule has 0 radical (unpaired) electrons. The summed E-state index contributed by atoms with van der Waals surface area (Å²) in [5, 5.41) is 5.57. The Morgan fingerprint density at radius 1 is 1.50 bits per heavy atom. The van der Waals surface area contributed by atoms with Gasteiger partial charge in [0.2, 0.25) is 5.91 Å². The molecule has 2 atom stereocenters. The number of amides is 1. The molecule has 0 aliphatic rings. The minimum absolute atomic E-state index is 0.0611. The maximum Gasteiger partial charge on any atom is 0.241 e. The van der Waals surface area contributed by atoms with Crippen molar-refractivity contribution in [2.24, 2.45) is 0 Å². The Kier molecular flexibility index (Phi) is 5.31. The average Bonchev–Trinajstić information content (AvgIpc) is 2.86. The quantitative estimate of drug-likeness (QED) is 0.904. The zero-order chi connectivity index (χ0) is 16.3. The molecule has 1 amide bonds. The first-order valence-corrected chi connectivity index (χ1v) is 8.18. The second-order valence-corrected chi connectivity index (χ2v) is 6.88. The molecule has 1 aromatic carbocycles. The molecule has 22 heavy (non-hydrogen) atoms. The molecule has 2 unspecified atom stereocenters. The predicted octanol–water partition coefficient (Wildman–Crippen LogP) is 3.05. The van der Waals surface area contributed by atoms with Crippen LogP contribution < -0.4 is 5.32 Å². The van der Waals surface area contributed by atoms with Gasteiger partial charge in [0.05, 0.1) is 5.75 Å². The van der Waals surface area contributed by atoms with Crippen LogP contribution in [0, 0.1) is 12.7 Å². The number of carbonyl (C=O) groups is 1. The third-order valence-electron chi connectivity index (χ3n) is 2.96. The van der Waals surface area contributed by atoms with E-state index < -0.39 is 27.8 Å². The summed E-state index contributed by atoms with van der Waals surface area (Å²) in [7, 11) is -1.51. The van der Waals surface area contributed by atoms with E-state index in [1.54, 1.807) is 13.0 Å². The number of nitrogens with one attached hydrogen (secondary N) is 1.